The minimum absolute atomic E-state index is 0.109. The molecule has 36 heavy (non-hydrogen) atoms. The quantitative estimate of drug-likeness (QED) is 0.398. The third-order valence-electron chi connectivity index (χ3n) is 5.82. The van der Waals surface area contributed by atoms with Crippen molar-refractivity contribution < 1.29 is 32.1 Å². The van der Waals surface area contributed by atoms with Crippen LogP contribution in [0, 0.1) is 11.6 Å². The molecule has 0 amide bonds. The molecule has 1 unspecified atom stereocenters. The van der Waals surface area contributed by atoms with Gasteiger partial charge in [0.15, 0.2) is 5.75 Å². The molecule has 186 valence electrons. The highest BCUT2D eigenvalue weighted by Crippen LogP contribution is 2.36. The molecule has 12 heteroatoms. The van der Waals surface area contributed by atoms with Crippen molar-refractivity contribution in [3.8, 4) is 17.0 Å². The summed E-state index contributed by atoms with van der Waals surface area (Å²) in [6.45, 7) is -0.565. The van der Waals surface area contributed by atoms with Crippen LogP contribution < -0.4 is 9.64 Å². The van der Waals surface area contributed by atoms with Crippen LogP contribution in [0.1, 0.15) is 17.4 Å². The van der Waals surface area contributed by atoms with Gasteiger partial charge in [-0.2, -0.15) is 8.78 Å². The van der Waals surface area contributed by atoms with Crippen LogP contribution in [-0.2, 0) is 4.74 Å². The van der Waals surface area contributed by atoms with Gasteiger partial charge < -0.3 is 19.5 Å². The lowest BCUT2D eigenvalue weighted by molar-refractivity contribution is -0.0519. The molecule has 5 rings (SSSR count). The Morgan fingerprint density at radius 3 is 2.56 bits per heavy atom. The van der Waals surface area contributed by atoms with E-state index < -0.39 is 41.4 Å². The molecule has 3 heterocycles. The molecule has 0 spiro atoms. The van der Waals surface area contributed by atoms with E-state index in [-0.39, 0.29) is 11.3 Å². The monoisotopic (exact) mass is 501 g/mol. The highest BCUT2D eigenvalue weighted by molar-refractivity contribution is 5.94. The Morgan fingerprint density at radius 2 is 1.78 bits per heavy atom. The highest BCUT2D eigenvalue weighted by Gasteiger charge is 2.25. The van der Waals surface area contributed by atoms with Gasteiger partial charge in [-0.15, -0.1) is 0 Å². The second-order valence-electron chi connectivity index (χ2n) is 7.93. The van der Waals surface area contributed by atoms with Crippen LogP contribution in [0.2, 0.25) is 0 Å². The number of aromatic nitrogens is 4. The average Bonchev–Trinajstić information content (AvgIpc) is 2.88. The van der Waals surface area contributed by atoms with Crippen LogP contribution in [-0.4, -0.2) is 58.0 Å². The summed E-state index contributed by atoms with van der Waals surface area (Å²) >= 11 is 0. The fourth-order valence-corrected chi connectivity index (χ4v) is 4.10. The summed E-state index contributed by atoms with van der Waals surface area (Å²) in [7, 11) is 0. The van der Waals surface area contributed by atoms with Crippen molar-refractivity contribution in [2.24, 2.45) is 0 Å². The molecular weight excluding hydrogens is 482 g/mol. The minimum Gasteiger partial charge on any atom is -0.431 e. The molecule has 1 fully saturated rings. The molecule has 1 aliphatic heterocycles. The van der Waals surface area contributed by atoms with Gasteiger partial charge in [0.1, 0.15) is 36.1 Å². The average molecular weight is 501 g/mol. The van der Waals surface area contributed by atoms with Gasteiger partial charge >= 0.3 is 6.61 Å². The molecule has 1 saturated heterocycles. The van der Waals surface area contributed by atoms with Gasteiger partial charge in [-0.25, -0.2) is 28.7 Å². The molecule has 4 aromatic rings. The van der Waals surface area contributed by atoms with Crippen LogP contribution in [0.5, 0.6) is 5.75 Å². The molecule has 0 radical (unpaired) electrons. The number of nitrogens with zero attached hydrogens (tertiary/aromatic N) is 5. The fraction of sp³-hybridized carbons (Fsp3) is 0.250. The molecule has 1 N–H and O–H groups in total. The SMILES string of the molecule is OC(c1cc(-c2ncnc3cc(N4CCOCC4)ccc23)c(F)cc1F)c1ncncc1OC(F)F. The normalized spacial score (nSPS) is 14.9. The van der Waals surface area contributed by atoms with Crippen molar-refractivity contribution in [2.45, 2.75) is 12.7 Å². The summed E-state index contributed by atoms with van der Waals surface area (Å²) in [6.07, 6.45) is 1.33. The molecule has 2 aromatic heterocycles. The molecule has 0 aliphatic carbocycles. The van der Waals surface area contributed by atoms with Gasteiger partial charge in [-0.3, -0.25) is 0 Å². The molecule has 8 nitrogen and oxygen atoms in total. The summed E-state index contributed by atoms with van der Waals surface area (Å²) in [4.78, 5) is 18.0. The maximum absolute atomic E-state index is 15.0. The number of ether oxygens (including phenoxy) is 2. The molecular formula is C24H19F4N5O3. The lowest BCUT2D eigenvalue weighted by atomic mass is 9.98. The topological polar surface area (TPSA) is 93.5 Å². The number of hydrogen-bond donors (Lipinski definition) is 1. The van der Waals surface area contributed by atoms with Gasteiger partial charge in [-0.1, -0.05) is 0 Å². The Labute approximate surface area is 202 Å². The molecule has 1 atom stereocenters. The first kappa shape index (κ1) is 23.8. The molecule has 1 aliphatic rings. The van der Waals surface area contributed by atoms with Gasteiger partial charge in [0.05, 0.1) is 30.6 Å². The number of morpholine rings is 1. The lowest BCUT2D eigenvalue weighted by Crippen LogP contribution is -2.36. The van der Waals surface area contributed by atoms with Crippen molar-refractivity contribution in [1.29, 1.82) is 0 Å². The minimum atomic E-state index is -3.22. The summed E-state index contributed by atoms with van der Waals surface area (Å²) in [5, 5.41) is 11.3. The number of anilines is 1. The smallest absolute Gasteiger partial charge is 0.387 e. The van der Waals surface area contributed by atoms with Crippen molar-refractivity contribution in [1.82, 2.24) is 19.9 Å². The van der Waals surface area contributed by atoms with E-state index in [0.717, 1.165) is 37.4 Å². The maximum atomic E-state index is 15.0. The van der Waals surface area contributed by atoms with E-state index in [1.54, 1.807) is 6.07 Å². The van der Waals surface area contributed by atoms with Crippen molar-refractivity contribution in [3.63, 3.8) is 0 Å². The Kier molecular flexibility index (Phi) is 6.61. The zero-order valence-corrected chi connectivity index (χ0v) is 18.6. The van der Waals surface area contributed by atoms with Crippen molar-refractivity contribution in [2.75, 3.05) is 31.2 Å². The molecule has 0 bridgehead atoms. The largest absolute Gasteiger partial charge is 0.431 e. The fourth-order valence-electron chi connectivity index (χ4n) is 4.10. The Bertz CT molecular complexity index is 1400. The van der Waals surface area contributed by atoms with Gasteiger partial charge in [0, 0.05) is 41.4 Å². The number of alkyl halides is 2. The molecule has 2 aromatic carbocycles. The first-order valence-corrected chi connectivity index (χ1v) is 10.9. The van der Waals surface area contributed by atoms with Crippen molar-refractivity contribution >= 4 is 16.6 Å². The summed E-state index contributed by atoms with van der Waals surface area (Å²) < 4.78 is 65.0. The third kappa shape index (κ3) is 4.64. The van der Waals surface area contributed by atoms with E-state index in [2.05, 4.69) is 29.6 Å². The number of aliphatic hydroxyl groups is 1. The van der Waals surface area contributed by atoms with Crippen LogP contribution in [0.15, 0.2) is 49.2 Å². The number of benzene rings is 2. The first-order chi connectivity index (χ1) is 17.4. The summed E-state index contributed by atoms with van der Waals surface area (Å²) in [5.74, 6) is -2.56. The second-order valence-corrected chi connectivity index (χ2v) is 7.93. The van der Waals surface area contributed by atoms with Gasteiger partial charge in [0.2, 0.25) is 0 Å². The van der Waals surface area contributed by atoms with E-state index >= 15 is 0 Å². The maximum Gasteiger partial charge on any atom is 0.387 e. The number of hydrogen-bond acceptors (Lipinski definition) is 8. The second kappa shape index (κ2) is 9.99. The van der Waals surface area contributed by atoms with Gasteiger partial charge in [-0.05, 0) is 24.3 Å². The standard InChI is InChI=1S/C24H19F4N5O3/c25-17-9-18(26)16(23(34)22-20(36-24(27)28)10-29-11-31-22)8-15(17)21-14-2-1-13(7-19(14)30-12-32-21)33-3-5-35-6-4-33/h1-2,7-12,23-24,34H,3-6H2. The number of halogens is 4. The van der Waals surface area contributed by atoms with Gasteiger partial charge in [0.25, 0.3) is 0 Å². The predicted octanol–water partition coefficient (Wildman–Crippen LogP) is 3.88. The summed E-state index contributed by atoms with van der Waals surface area (Å²) in [5.41, 5.74) is 0.721. The number of rotatable bonds is 6. The zero-order chi connectivity index (χ0) is 25.2. The number of aliphatic hydroxyl groups excluding tert-OH is 1. The Balaban J connectivity index is 1.57. The highest BCUT2D eigenvalue weighted by atomic mass is 19.3. The van der Waals surface area contributed by atoms with E-state index in [4.69, 9.17) is 4.74 Å². The first-order valence-electron chi connectivity index (χ1n) is 10.9. The Morgan fingerprint density at radius 1 is 0.972 bits per heavy atom. The van der Waals surface area contributed by atoms with E-state index in [1.165, 1.54) is 6.33 Å². The third-order valence-corrected chi connectivity index (χ3v) is 5.82. The zero-order valence-electron chi connectivity index (χ0n) is 18.6. The van der Waals surface area contributed by atoms with Crippen LogP contribution in [0.4, 0.5) is 23.2 Å². The van der Waals surface area contributed by atoms with E-state index in [9.17, 15) is 22.7 Å². The summed E-state index contributed by atoms with van der Waals surface area (Å²) in [6, 6.07) is 7.11. The van der Waals surface area contributed by atoms with Crippen molar-refractivity contribution in [3.05, 3.63) is 72.1 Å². The van der Waals surface area contributed by atoms with E-state index in [1.807, 2.05) is 12.1 Å². The number of fused-ring (bicyclic) bond motifs is 1. The lowest BCUT2D eigenvalue weighted by Gasteiger charge is -2.29. The van der Waals surface area contributed by atoms with E-state index in [0.29, 0.717) is 30.2 Å². The van der Waals surface area contributed by atoms with Crippen LogP contribution in [0.3, 0.4) is 0 Å². The predicted molar refractivity (Wildman–Crippen MR) is 121 cm³/mol. The van der Waals surface area contributed by atoms with Crippen LogP contribution >= 0.6 is 0 Å². The molecule has 0 saturated carbocycles. The Hall–Kier alpha value is -3.90. The van der Waals surface area contributed by atoms with Crippen LogP contribution in [0.25, 0.3) is 22.2 Å².